The number of ether oxygens (including phenoxy) is 2. The number of hydrogen-bond donors (Lipinski definition) is 1. The summed E-state index contributed by atoms with van der Waals surface area (Å²) in [7, 11) is -3.73. The molecule has 0 spiro atoms. The normalized spacial score (nSPS) is 16.0. The Morgan fingerprint density at radius 2 is 1.76 bits per heavy atom. The van der Waals surface area contributed by atoms with Crippen LogP contribution in [0.1, 0.15) is 26.7 Å². The molecular weight excluding hydrogens is 470 g/mol. The van der Waals surface area contributed by atoms with Gasteiger partial charge < -0.3 is 14.8 Å². The van der Waals surface area contributed by atoms with Crippen LogP contribution < -0.4 is 10.1 Å². The Kier molecular flexibility index (Phi) is 8.21. The van der Waals surface area contributed by atoms with Crippen LogP contribution in [0, 0.1) is 17.6 Å². The highest BCUT2D eigenvalue weighted by Crippen LogP contribution is 2.26. The molecule has 3 rings (SSSR count). The van der Waals surface area contributed by atoms with E-state index in [0.29, 0.717) is 12.4 Å². The maximum atomic E-state index is 13.7. The molecule has 1 N–H and O–H groups in total. The second-order valence-corrected chi connectivity index (χ2v) is 9.71. The minimum atomic E-state index is -3.73. The van der Waals surface area contributed by atoms with Gasteiger partial charge in [0.2, 0.25) is 10.0 Å². The van der Waals surface area contributed by atoms with Gasteiger partial charge in [-0.15, -0.1) is 0 Å². The maximum Gasteiger partial charge on any atom is 0.309 e. The number of halogens is 2. The number of amides is 1. The van der Waals surface area contributed by atoms with E-state index in [9.17, 15) is 26.8 Å². The predicted octanol–water partition coefficient (Wildman–Crippen LogP) is 3.33. The maximum absolute atomic E-state index is 13.7. The second kappa shape index (κ2) is 10.9. The van der Waals surface area contributed by atoms with Gasteiger partial charge in [0.05, 0.1) is 23.1 Å². The fraction of sp³-hybridized carbons (Fsp3) is 0.391. The van der Waals surface area contributed by atoms with Crippen LogP contribution in [-0.4, -0.2) is 50.4 Å². The molecule has 8 nitrogen and oxygen atoms in total. The molecule has 0 aliphatic carbocycles. The van der Waals surface area contributed by atoms with Crippen molar-refractivity contribution in [2.24, 2.45) is 5.92 Å². The quantitative estimate of drug-likeness (QED) is 0.563. The third-order valence-electron chi connectivity index (χ3n) is 5.41. The van der Waals surface area contributed by atoms with E-state index >= 15 is 0 Å². The van der Waals surface area contributed by atoms with E-state index in [2.05, 4.69) is 5.32 Å². The van der Waals surface area contributed by atoms with Gasteiger partial charge >= 0.3 is 5.97 Å². The lowest BCUT2D eigenvalue weighted by Gasteiger charge is -2.30. The first-order valence-electron chi connectivity index (χ1n) is 10.8. The number of anilines is 1. The molecule has 1 aliphatic rings. The number of nitrogens with zero attached hydrogens (tertiary/aromatic N) is 1. The summed E-state index contributed by atoms with van der Waals surface area (Å²) in [6.07, 6.45) is -0.801. The highest BCUT2D eigenvalue weighted by Gasteiger charge is 2.34. The van der Waals surface area contributed by atoms with E-state index in [1.165, 1.54) is 23.4 Å². The molecule has 184 valence electrons. The molecule has 1 aliphatic heterocycles. The first-order valence-corrected chi connectivity index (χ1v) is 12.2. The van der Waals surface area contributed by atoms with Crippen LogP contribution in [0.4, 0.5) is 14.5 Å². The van der Waals surface area contributed by atoms with Gasteiger partial charge in [0, 0.05) is 19.2 Å². The van der Waals surface area contributed by atoms with Gasteiger partial charge in [-0.1, -0.05) is 0 Å². The zero-order valence-corrected chi connectivity index (χ0v) is 19.6. The van der Waals surface area contributed by atoms with Gasteiger partial charge in [0.25, 0.3) is 5.91 Å². The average Bonchev–Trinajstić information content (AvgIpc) is 2.82. The molecule has 1 saturated heterocycles. The molecule has 0 bridgehead atoms. The molecular formula is C23H26F2N2O6S. The summed E-state index contributed by atoms with van der Waals surface area (Å²) in [6, 6.07) is 8.73. The largest absolute Gasteiger partial charge is 0.494 e. The number of carbonyl (C=O) groups is 2. The smallest absolute Gasteiger partial charge is 0.309 e. The predicted molar refractivity (Wildman–Crippen MR) is 120 cm³/mol. The Morgan fingerprint density at radius 3 is 2.38 bits per heavy atom. The number of piperidine rings is 1. The van der Waals surface area contributed by atoms with Crippen LogP contribution in [-0.2, 0) is 24.3 Å². The van der Waals surface area contributed by atoms with E-state index in [-0.39, 0.29) is 36.5 Å². The van der Waals surface area contributed by atoms with Crippen molar-refractivity contribution in [3.05, 3.63) is 54.1 Å². The van der Waals surface area contributed by atoms with Crippen LogP contribution >= 0.6 is 0 Å². The van der Waals surface area contributed by atoms with Crippen molar-refractivity contribution in [2.45, 2.75) is 37.7 Å². The summed E-state index contributed by atoms with van der Waals surface area (Å²) >= 11 is 0. The molecule has 2 aromatic carbocycles. The summed E-state index contributed by atoms with van der Waals surface area (Å²) < 4.78 is 64.6. The third kappa shape index (κ3) is 6.09. The Balaban J connectivity index is 1.53. The van der Waals surface area contributed by atoms with Crippen LogP contribution in [0.3, 0.4) is 0 Å². The van der Waals surface area contributed by atoms with Crippen LogP contribution in [0.5, 0.6) is 5.75 Å². The van der Waals surface area contributed by atoms with E-state index in [4.69, 9.17) is 9.47 Å². The number of carbonyl (C=O) groups excluding carboxylic acids is 2. The van der Waals surface area contributed by atoms with Crippen LogP contribution in [0.25, 0.3) is 0 Å². The number of esters is 1. The van der Waals surface area contributed by atoms with Crippen molar-refractivity contribution < 1.29 is 36.3 Å². The molecule has 1 atom stereocenters. The Bertz CT molecular complexity index is 1130. The highest BCUT2D eigenvalue weighted by atomic mass is 32.2. The molecule has 1 amide bonds. The molecule has 1 unspecified atom stereocenters. The summed E-state index contributed by atoms with van der Waals surface area (Å²) in [6.45, 7) is 3.85. The van der Waals surface area contributed by atoms with Crippen molar-refractivity contribution in [3.63, 3.8) is 0 Å². The van der Waals surface area contributed by atoms with E-state index in [1.54, 1.807) is 12.1 Å². The summed E-state index contributed by atoms with van der Waals surface area (Å²) in [5, 5.41) is 2.19. The third-order valence-corrected chi connectivity index (χ3v) is 7.32. The number of benzene rings is 2. The van der Waals surface area contributed by atoms with Gasteiger partial charge in [-0.2, -0.15) is 4.31 Å². The molecule has 1 heterocycles. The number of rotatable bonds is 8. The average molecular weight is 497 g/mol. The Labute approximate surface area is 196 Å². The lowest BCUT2D eigenvalue weighted by atomic mass is 9.98. The Morgan fingerprint density at radius 1 is 1.12 bits per heavy atom. The summed E-state index contributed by atoms with van der Waals surface area (Å²) in [5.41, 5.74) is -0.360. The van der Waals surface area contributed by atoms with E-state index < -0.39 is 45.6 Å². The van der Waals surface area contributed by atoms with Crippen molar-refractivity contribution in [1.29, 1.82) is 0 Å². The monoisotopic (exact) mass is 496 g/mol. The fourth-order valence-electron chi connectivity index (χ4n) is 3.51. The molecule has 0 radical (unpaired) electrons. The van der Waals surface area contributed by atoms with Crippen molar-refractivity contribution in [3.8, 4) is 5.75 Å². The molecule has 1 fully saturated rings. The zero-order valence-electron chi connectivity index (χ0n) is 18.8. The first-order chi connectivity index (χ1) is 16.1. The van der Waals surface area contributed by atoms with Gasteiger partial charge in [-0.25, -0.2) is 17.2 Å². The lowest BCUT2D eigenvalue weighted by molar-refractivity contribution is -0.158. The minimum Gasteiger partial charge on any atom is -0.494 e. The Hall–Kier alpha value is -3.05. The number of sulfonamides is 1. The van der Waals surface area contributed by atoms with Crippen molar-refractivity contribution in [1.82, 2.24) is 4.31 Å². The summed E-state index contributed by atoms with van der Waals surface area (Å²) in [4.78, 5) is 24.9. The standard InChI is InChI=1S/C23H26F2N2O6S/c1-3-32-18-5-7-19(8-6-18)34(30,31)27-12-10-16(11-13-27)23(29)33-15(2)22(28)26-21-14-17(24)4-9-20(21)25/h4-9,14-16H,3,10-13H2,1-2H3,(H,26,28). The number of hydrogen-bond acceptors (Lipinski definition) is 6. The molecule has 0 saturated carbocycles. The van der Waals surface area contributed by atoms with Gasteiger partial charge in [0.1, 0.15) is 17.4 Å². The van der Waals surface area contributed by atoms with Gasteiger partial charge in [0.15, 0.2) is 6.10 Å². The second-order valence-electron chi connectivity index (χ2n) is 7.78. The van der Waals surface area contributed by atoms with Crippen molar-refractivity contribution >= 4 is 27.6 Å². The van der Waals surface area contributed by atoms with Gasteiger partial charge in [-0.05, 0) is 63.1 Å². The SMILES string of the molecule is CCOc1ccc(S(=O)(=O)N2CCC(C(=O)OC(C)C(=O)Nc3cc(F)ccc3F)CC2)cc1. The highest BCUT2D eigenvalue weighted by molar-refractivity contribution is 7.89. The lowest BCUT2D eigenvalue weighted by Crippen LogP contribution is -2.41. The first kappa shape index (κ1) is 25.6. The topological polar surface area (TPSA) is 102 Å². The van der Waals surface area contributed by atoms with E-state index in [1.807, 2.05) is 6.92 Å². The van der Waals surface area contributed by atoms with Crippen LogP contribution in [0.2, 0.25) is 0 Å². The van der Waals surface area contributed by atoms with Gasteiger partial charge in [-0.3, -0.25) is 9.59 Å². The molecule has 2 aromatic rings. The fourth-order valence-corrected chi connectivity index (χ4v) is 4.98. The minimum absolute atomic E-state index is 0.115. The van der Waals surface area contributed by atoms with Crippen LogP contribution in [0.15, 0.2) is 47.4 Å². The molecule has 34 heavy (non-hydrogen) atoms. The molecule has 11 heteroatoms. The van der Waals surface area contributed by atoms with Crippen molar-refractivity contribution in [2.75, 3.05) is 25.0 Å². The zero-order chi connectivity index (χ0) is 24.9. The summed E-state index contributed by atoms with van der Waals surface area (Å²) in [5.74, 6) is -3.04. The number of nitrogens with one attached hydrogen (secondary N) is 1. The molecule has 0 aromatic heterocycles. The van der Waals surface area contributed by atoms with E-state index in [0.717, 1.165) is 18.2 Å².